The highest BCUT2D eigenvalue weighted by Gasteiger charge is 2.37. The van der Waals surface area contributed by atoms with Crippen LogP contribution in [0, 0.1) is 5.41 Å². The Balaban J connectivity index is 2.83. The van der Waals surface area contributed by atoms with Gasteiger partial charge in [0, 0.05) is 0 Å². The molecule has 6 heteroatoms. The maximum Gasteiger partial charge on any atom is 0.212 e. The van der Waals surface area contributed by atoms with E-state index in [4.69, 9.17) is 18.0 Å². The lowest BCUT2D eigenvalue weighted by Gasteiger charge is -2.35. The van der Waals surface area contributed by atoms with Gasteiger partial charge < -0.3 is 5.73 Å². The standard InChI is InChI=1S/C15H30N2O2S2/c1-14(2,3)11-12-21(18,19)17-15(13(16)20)9-7-5-4-6-8-10-15/h17H,4-12H2,1-3H3,(H2,16,20). The molecule has 124 valence electrons. The van der Waals surface area contributed by atoms with Crippen molar-refractivity contribution >= 4 is 27.2 Å². The smallest absolute Gasteiger partial charge is 0.212 e. The summed E-state index contributed by atoms with van der Waals surface area (Å²) in [6.45, 7) is 6.13. The molecule has 1 aliphatic carbocycles. The first-order chi connectivity index (χ1) is 9.56. The molecular formula is C15H30N2O2S2. The largest absolute Gasteiger partial charge is 0.392 e. The van der Waals surface area contributed by atoms with Crippen molar-refractivity contribution in [1.82, 2.24) is 4.72 Å². The molecule has 0 aliphatic heterocycles. The van der Waals surface area contributed by atoms with E-state index in [1.54, 1.807) is 0 Å². The summed E-state index contributed by atoms with van der Waals surface area (Å²) in [7, 11) is -3.36. The van der Waals surface area contributed by atoms with Gasteiger partial charge in [-0.25, -0.2) is 13.1 Å². The Morgan fingerprint density at radius 2 is 1.62 bits per heavy atom. The van der Waals surface area contributed by atoms with Gasteiger partial charge in [-0.3, -0.25) is 0 Å². The third kappa shape index (κ3) is 6.61. The summed E-state index contributed by atoms with van der Waals surface area (Å²) >= 11 is 5.21. The third-order valence-electron chi connectivity index (χ3n) is 4.15. The van der Waals surface area contributed by atoms with E-state index in [9.17, 15) is 8.42 Å². The molecule has 0 aromatic rings. The molecule has 1 rings (SSSR count). The van der Waals surface area contributed by atoms with Gasteiger partial charge in [0.05, 0.1) is 16.3 Å². The van der Waals surface area contributed by atoms with Gasteiger partial charge >= 0.3 is 0 Å². The molecule has 21 heavy (non-hydrogen) atoms. The van der Waals surface area contributed by atoms with Crippen LogP contribution in [-0.2, 0) is 10.0 Å². The van der Waals surface area contributed by atoms with Crippen LogP contribution in [-0.4, -0.2) is 24.7 Å². The molecular weight excluding hydrogens is 304 g/mol. The highest BCUT2D eigenvalue weighted by Crippen LogP contribution is 2.28. The van der Waals surface area contributed by atoms with Crippen molar-refractivity contribution in [2.45, 2.75) is 77.7 Å². The SMILES string of the molecule is CC(C)(C)CCS(=O)(=O)NC1(C(N)=S)CCCCCCC1. The molecule has 0 atom stereocenters. The zero-order valence-corrected chi connectivity index (χ0v) is 15.2. The number of sulfonamides is 1. The van der Waals surface area contributed by atoms with Gasteiger partial charge in [0.2, 0.25) is 10.0 Å². The lowest BCUT2D eigenvalue weighted by molar-refractivity contribution is 0.366. The third-order valence-corrected chi connectivity index (χ3v) is 5.98. The second-order valence-electron chi connectivity index (χ2n) is 7.45. The molecule has 1 saturated carbocycles. The van der Waals surface area contributed by atoms with Crippen LogP contribution in [0.1, 0.15) is 72.1 Å². The van der Waals surface area contributed by atoms with Crippen LogP contribution in [0.15, 0.2) is 0 Å². The first-order valence-corrected chi connectivity index (χ1v) is 9.94. The van der Waals surface area contributed by atoms with E-state index < -0.39 is 15.6 Å². The van der Waals surface area contributed by atoms with Crippen LogP contribution >= 0.6 is 12.2 Å². The van der Waals surface area contributed by atoms with Gasteiger partial charge in [0.1, 0.15) is 0 Å². The topological polar surface area (TPSA) is 72.2 Å². The first kappa shape index (κ1) is 18.8. The average Bonchev–Trinajstić information content (AvgIpc) is 2.29. The minimum Gasteiger partial charge on any atom is -0.392 e. The van der Waals surface area contributed by atoms with E-state index >= 15 is 0 Å². The van der Waals surface area contributed by atoms with E-state index in [0.29, 0.717) is 11.4 Å². The number of hydrogen-bond donors (Lipinski definition) is 2. The molecule has 0 radical (unpaired) electrons. The Morgan fingerprint density at radius 3 is 2.05 bits per heavy atom. The van der Waals surface area contributed by atoms with Gasteiger partial charge in [-0.2, -0.15) is 0 Å². The van der Waals surface area contributed by atoms with Gasteiger partial charge in [0.25, 0.3) is 0 Å². The van der Waals surface area contributed by atoms with Crippen LogP contribution in [0.3, 0.4) is 0 Å². The lowest BCUT2D eigenvalue weighted by atomic mass is 9.85. The molecule has 0 unspecified atom stereocenters. The van der Waals surface area contributed by atoms with Gasteiger partial charge in [0.15, 0.2) is 0 Å². The Kier molecular flexibility index (Phi) is 6.62. The fourth-order valence-electron chi connectivity index (χ4n) is 2.70. The minimum absolute atomic E-state index is 0.00787. The zero-order valence-electron chi connectivity index (χ0n) is 13.6. The van der Waals surface area contributed by atoms with Crippen molar-refractivity contribution in [3.05, 3.63) is 0 Å². The Labute approximate surface area is 135 Å². The van der Waals surface area contributed by atoms with Crippen LogP contribution in [0.25, 0.3) is 0 Å². The normalized spacial score (nSPS) is 20.5. The first-order valence-electron chi connectivity index (χ1n) is 7.88. The summed E-state index contributed by atoms with van der Waals surface area (Å²) in [4.78, 5) is 0.295. The molecule has 0 aromatic heterocycles. The molecule has 4 nitrogen and oxygen atoms in total. The van der Waals surface area contributed by atoms with E-state index in [1.807, 2.05) is 20.8 Å². The Morgan fingerprint density at radius 1 is 1.14 bits per heavy atom. The summed E-state index contributed by atoms with van der Waals surface area (Å²) < 4.78 is 27.7. The fraction of sp³-hybridized carbons (Fsp3) is 0.933. The van der Waals surface area contributed by atoms with Crippen molar-refractivity contribution in [2.75, 3.05) is 5.75 Å². The van der Waals surface area contributed by atoms with Crippen molar-refractivity contribution in [2.24, 2.45) is 11.1 Å². The number of nitrogens with one attached hydrogen (secondary N) is 1. The summed E-state index contributed by atoms with van der Waals surface area (Å²) in [5, 5.41) is 0. The summed E-state index contributed by atoms with van der Waals surface area (Å²) in [6, 6.07) is 0. The summed E-state index contributed by atoms with van der Waals surface area (Å²) in [5.74, 6) is 0.126. The van der Waals surface area contributed by atoms with Crippen LogP contribution < -0.4 is 10.5 Å². The van der Waals surface area contributed by atoms with Crippen molar-refractivity contribution in [1.29, 1.82) is 0 Å². The van der Waals surface area contributed by atoms with Gasteiger partial charge in [-0.15, -0.1) is 0 Å². The monoisotopic (exact) mass is 334 g/mol. The maximum absolute atomic E-state index is 12.4. The summed E-state index contributed by atoms with van der Waals surface area (Å²) in [6.07, 6.45) is 7.45. The van der Waals surface area contributed by atoms with Crippen LogP contribution in [0.4, 0.5) is 0 Å². The second kappa shape index (κ2) is 7.38. The quantitative estimate of drug-likeness (QED) is 0.758. The molecule has 0 amide bonds. The van der Waals surface area contributed by atoms with E-state index in [0.717, 1.165) is 38.5 Å². The molecule has 1 fully saturated rings. The Bertz CT molecular complexity index is 445. The van der Waals surface area contributed by atoms with Gasteiger partial charge in [-0.05, 0) is 24.7 Å². The van der Waals surface area contributed by atoms with Gasteiger partial charge in [-0.1, -0.05) is 65.1 Å². The fourth-order valence-corrected chi connectivity index (χ4v) is 4.91. The second-order valence-corrected chi connectivity index (χ2v) is 9.73. The van der Waals surface area contributed by atoms with E-state index in [1.165, 1.54) is 6.42 Å². The molecule has 1 aliphatic rings. The lowest BCUT2D eigenvalue weighted by Crippen LogP contribution is -2.57. The number of rotatable bonds is 5. The van der Waals surface area contributed by atoms with Crippen LogP contribution in [0.2, 0.25) is 0 Å². The molecule has 3 N–H and O–H groups in total. The number of hydrogen-bond acceptors (Lipinski definition) is 3. The summed E-state index contributed by atoms with van der Waals surface area (Å²) in [5.41, 5.74) is 5.19. The highest BCUT2D eigenvalue weighted by atomic mass is 32.2. The highest BCUT2D eigenvalue weighted by molar-refractivity contribution is 7.89. The number of nitrogens with two attached hydrogens (primary N) is 1. The molecule has 0 saturated heterocycles. The zero-order chi connectivity index (χ0) is 16.1. The van der Waals surface area contributed by atoms with Crippen molar-refractivity contribution in [3.8, 4) is 0 Å². The molecule has 0 heterocycles. The number of thiocarbonyl (C=S) groups is 1. The van der Waals surface area contributed by atoms with Crippen molar-refractivity contribution in [3.63, 3.8) is 0 Å². The Hall–Kier alpha value is -0.200. The van der Waals surface area contributed by atoms with E-state index in [-0.39, 0.29) is 11.2 Å². The maximum atomic E-state index is 12.4. The predicted molar refractivity (Wildman–Crippen MR) is 92.8 cm³/mol. The molecule has 0 bridgehead atoms. The minimum atomic E-state index is -3.36. The molecule has 0 spiro atoms. The predicted octanol–water partition coefficient (Wildman–Crippen LogP) is 3.11. The van der Waals surface area contributed by atoms with Crippen molar-refractivity contribution < 1.29 is 8.42 Å². The molecule has 0 aromatic carbocycles. The average molecular weight is 335 g/mol. The van der Waals surface area contributed by atoms with Crippen LogP contribution in [0.5, 0.6) is 0 Å². The van der Waals surface area contributed by atoms with E-state index in [2.05, 4.69) is 4.72 Å².